The van der Waals surface area contributed by atoms with Crippen molar-refractivity contribution in [3.05, 3.63) is 0 Å². The summed E-state index contributed by atoms with van der Waals surface area (Å²) >= 11 is 0. The first-order valence-electron chi connectivity index (χ1n) is 5.78. The van der Waals surface area contributed by atoms with Crippen LogP contribution in [0.1, 0.15) is 6.92 Å². The van der Waals surface area contributed by atoms with Crippen LogP contribution in [0.2, 0.25) is 0 Å². The van der Waals surface area contributed by atoms with Gasteiger partial charge in [-0.2, -0.15) is 0 Å². The normalized spacial score (nSPS) is 16.2. The Kier molecular flexibility index (Phi) is 2.84. The SMILES string of the molecule is CCn1nnnc1-c1nnnn1N1CCOCC1. The van der Waals surface area contributed by atoms with Crippen molar-refractivity contribution < 1.29 is 4.74 Å². The van der Waals surface area contributed by atoms with E-state index in [9.17, 15) is 0 Å². The number of aryl methyl sites for hydroxylation is 1. The summed E-state index contributed by atoms with van der Waals surface area (Å²) in [6.45, 7) is 5.44. The van der Waals surface area contributed by atoms with E-state index in [-0.39, 0.29) is 0 Å². The number of ether oxygens (including phenoxy) is 1. The maximum atomic E-state index is 5.30. The Balaban J connectivity index is 1.95. The fraction of sp³-hybridized carbons (Fsp3) is 0.750. The molecule has 0 saturated carbocycles. The molecule has 2 aromatic rings. The van der Waals surface area contributed by atoms with Gasteiger partial charge in [-0.3, -0.25) is 5.01 Å². The highest BCUT2D eigenvalue weighted by atomic mass is 16.5. The van der Waals surface area contributed by atoms with Gasteiger partial charge >= 0.3 is 0 Å². The van der Waals surface area contributed by atoms with E-state index in [1.807, 2.05) is 11.9 Å². The van der Waals surface area contributed by atoms with E-state index in [0.717, 1.165) is 13.1 Å². The van der Waals surface area contributed by atoms with Gasteiger partial charge < -0.3 is 4.74 Å². The number of aromatic nitrogens is 8. The fourth-order valence-corrected chi connectivity index (χ4v) is 1.83. The number of hydrogen-bond acceptors (Lipinski definition) is 8. The van der Waals surface area contributed by atoms with E-state index in [0.29, 0.717) is 31.4 Å². The number of tetrazole rings is 2. The Bertz CT molecular complexity index is 514. The Hall–Kier alpha value is -2.10. The lowest BCUT2D eigenvalue weighted by Gasteiger charge is -2.27. The average molecular weight is 251 g/mol. The van der Waals surface area contributed by atoms with Gasteiger partial charge in [0.05, 0.1) is 26.3 Å². The molecule has 0 radical (unpaired) electrons. The van der Waals surface area contributed by atoms with Crippen LogP contribution in [-0.2, 0) is 11.3 Å². The maximum absolute atomic E-state index is 5.30. The minimum Gasteiger partial charge on any atom is -0.378 e. The van der Waals surface area contributed by atoms with Gasteiger partial charge in [-0.05, 0) is 27.8 Å². The highest BCUT2D eigenvalue weighted by molar-refractivity contribution is 5.41. The molecule has 18 heavy (non-hydrogen) atoms. The Morgan fingerprint density at radius 3 is 2.56 bits per heavy atom. The average Bonchev–Trinajstić information content (AvgIpc) is 3.07. The molecule has 1 saturated heterocycles. The van der Waals surface area contributed by atoms with Gasteiger partial charge in [0.25, 0.3) is 0 Å². The highest BCUT2D eigenvalue weighted by Gasteiger charge is 2.21. The molecular weight excluding hydrogens is 238 g/mol. The molecule has 2 aromatic heterocycles. The number of hydrogen-bond donors (Lipinski definition) is 0. The summed E-state index contributed by atoms with van der Waals surface area (Å²) < 4.78 is 6.96. The zero-order valence-corrected chi connectivity index (χ0v) is 9.97. The van der Waals surface area contributed by atoms with Crippen LogP contribution in [0.5, 0.6) is 0 Å². The standard InChI is InChI=1S/C8H13N9O/c1-2-16-7(9-11-13-16)8-10-12-14-17(8)15-3-5-18-6-4-15/h2-6H2,1H3. The maximum Gasteiger partial charge on any atom is 0.243 e. The van der Waals surface area contributed by atoms with Crippen LogP contribution in [0, 0.1) is 0 Å². The monoisotopic (exact) mass is 251 g/mol. The highest BCUT2D eigenvalue weighted by Crippen LogP contribution is 2.11. The Morgan fingerprint density at radius 1 is 1.06 bits per heavy atom. The molecule has 3 rings (SSSR count). The van der Waals surface area contributed by atoms with Crippen molar-refractivity contribution in [2.45, 2.75) is 13.5 Å². The molecular formula is C8H13N9O. The minimum atomic E-state index is 0.545. The summed E-state index contributed by atoms with van der Waals surface area (Å²) in [6, 6.07) is 0. The van der Waals surface area contributed by atoms with Gasteiger partial charge in [-0.25, -0.2) is 4.68 Å². The van der Waals surface area contributed by atoms with Crippen molar-refractivity contribution in [2.75, 3.05) is 31.3 Å². The van der Waals surface area contributed by atoms with Crippen molar-refractivity contribution in [1.82, 2.24) is 40.5 Å². The Morgan fingerprint density at radius 2 is 1.78 bits per heavy atom. The second-order valence-electron chi connectivity index (χ2n) is 3.78. The van der Waals surface area contributed by atoms with E-state index >= 15 is 0 Å². The molecule has 0 spiro atoms. The van der Waals surface area contributed by atoms with E-state index < -0.39 is 0 Å². The lowest BCUT2D eigenvalue weighted by atomic mass is 10.5. The summed E-state index contributed by atoms with van der Waals surface area (Å²) in [5.74, 6) is 1.11. The molecule has 10 nitrogen and oxygen atoms in total. The lowest BCUT2D eigenvalue weighted by molar-refractivity contribution is 0.109. The predicted molar refractivity (Wildman–Crippen MR) is 59.1 cm³/mol. The largest absolute Gasteiger partial charge is 0.378 e. The molecule has 1 aliphatic heterocycles. The second kappa shape index (κ2) is 4.64. The molecule has 0 aromatic carbocycles. The van der Waals surface area contributed by atoms with Crippen molar-refractivity contribution in [2.24, 2.45) is 0 Å². The predicted octanol–water partition coefficient (Wildman–Crippen LogP) is -1.69. The van der Waals surface area contributed by atoms with Crippen LogP contribution in [0.3, 0.4) is 0 Å². The summed E-state index contributed by atoms with van der Waals surface area (Å²) in [7, 11) is 0. The van der Waals surface area contributed by atoms with Gasteiger partial charge in [0, 0.05) is 6.54 Å². The van der Waals surface area contributed by atoms with Gasteiger partial charge in [-0.15, -0.1) is 15.0 Å². The molecule has 0 amide bonds. The first kappa shape index (κ1) is 11.0. The van der Waals surface area contributed by atoms with E-state index in [1.54, 1.807) is 9.47 Å². The first-order chi connectivity index (χ1) is 8.90. The lowest BCUT2D eigenvalue weighted by Crippen LogP contribution is -2.45. The van der Waals surface area contributed by atoms with Crippen LogP contribution < -0.4 is 5.01 Å². The molecule has 1 aliphatic rings. The molecule has 1 fully saturated rings. The van der Waals surface area contributed by atoms with Crippen LogP contribution >= 0.6 is 0 Å². The molecule has 10 heteroatoms. The quantitative estimate of drug-likeness (QED) is 0.637. The third-order valence-corrected chi connectivity index (χ3v) is 2.74. The molecule has 0 atom stereocenters. The van der Waals surface area contributed by atoms with Crippen LogP contribution in [0.4, 0.5) is 0 Å². The van der Waals surface area contributed by atoms with Crippen molar-refractivity contribution >= 4 is 0 Å². The van der Waals surface area contributed by atoms with Gasteiger partial charge in [0.15, 0.2) is 0 Å². The first-order valence-corrected chi connectivity index (χ1v) is 5.78. The second-order valence-corrected chi connectivity index (χ2v) is 3.78. The molecule has 96 valence electrons. The van der Waals surface area contributed by atoms with E-state index in [2.05, 4.69) is 31.1 Å². The van der Waals surface area contributed by atoms with Gasteiger partial charge in [0.1, 0.15) is 0 Å². The number of rotatable bonds is 3. The Labute approximate surface area is 102 Å². The smallest absolute Gasteiger partial charge is 0.243 e. The molecule has 3 heterocycles. The zero-order valence-electron chi connectivity index (χ0n) is 9.97. The third kappa shape index (κ3) is 1.79. The van der Waals surface area contributed by atoms with Crippen LogP contribution in [0.25, 0.3) is 11.6 Å². The summed E-state index contributed by atoms with van der Waals surface area (Å²) in [6.07, 6.45) is 0. The summed E-state index contributed by atoms with van der Waals surface area (Å²) in [5, 5.41) is 25.2. The zero-order chi connectivity index (χ0) is 12.4. The van der Waals surface area contributed by atoms with E-state index in [1.165, 1.54) is 0 Å². The fourth-order valence-electron chi connectivity index (χ4n) is 1.83. The molecule has 0 unspecified atom stereocenters. The number of morpholine rings is 1. The third-order valence-electron chi connectivity index (χ3n) is 2.74. The van der Waals surface area contributed by atoms with E-state index in [4.69, 9.17) is 4.74 Å². The summed E-state index contributed by atoms with van der Waals surface area (Å²) in [4.78, 5) is 1.64. The molecule has 0 aliphatic carbocycles. The molecule has 0 bridgehead atoms. The summed E-state index contributed by atoms with van der Waals surface area (Å²) in [5.41, 5.74) is 0. The van der Waals surface area contributed by atoms with Crippen LogP contribution in [-0.4, -0.2) is 66.8 Å². The minimum absolute atomic E-state index is 0.545. The van der Waals surface area contributed by atoms with Gasteiger partial charge in [-0.1, -0.05) is 0 Å². The van der Waals surface area contributed by atoms with Crippen molar-refractivity contribution in [3.63, 3.8) is 0 Å². The topological polar surface area (TPSA) is 99.7 Å². The van der Waals surface area contributed by atoms with Crippen molar-refractivity contribution in [1.29, 1.82) is 0 Å². The van der Waals surface area contributed by atoms with Crippen LogP contribution in [0.15, 0.2) is 0 Å². The number of nitrogens with zero attached hydrogens (tertiary/aromatic N) is 9. The van der Waals surface area contributed by atoms with Crippen molar-refractivity contribution in [3.8, 4) is 11.6 Å². The van der Waals surface area contributed by atoms with Gasteiger partial charge in [0.2, 0.25) is 11.6 Å². The molecule has 0 N–H and O–H groups in total.